The number of allylic oxidation sites excluding steroid dienone is 1. The number of carbonyl (C=O) groups excluding carboxylic acids is 1. The standard InChI is InChI=1S/C21H30O3/c1-2-3-4-5-6-7-8-9-11-18-14-16-19(17-15-18)20(22)12-10-13-21(23)24/h9,11,14-17H,2-8,10,12-13H2,1H3,(H,23,24)/b11-9-. The molecule has 3 nitrogen and oxygen atoms in total. The van der Waals surface area contributed by atoms with Crippen molar-refractivity contribution in [1.82, 2.24) is 0 Å². The molecular weight excluding hydrogens is 300 g/mol. The Labute approximate surface area is 145 Å². The largest absolute Gasteiger partial charge is 0.481 e. The second kappa shape index (κ2) is 12.5. The number of unbranched alkanes of at least 4 members (excludes halogenated alkanes) is 6. The minimum Gasteiger partial charge on any atom is -0.481 e. The average Bonchev–Trinajstić information content (AvgIpc) is 2.57. The zero-order valence-corrected chi connectivity index (χ0v) is 14.8. The Hall–Kier alpha value is -1.90. The molecule has 1 aromatic carbocycles. The molecule has 0 spiro atoms. The zero-order valence-electron chi connectivity index (χ0n) is 14.8. The van der Waals surface area contributed by atoms with Crippen molar-refractivity contribution >= 4 is 17.8 Å². The van der Waals surface area contributed by atoms with E-state index in [1.807, 2.05) is 24.3 Å². The number of hydrogen-bond acceptors (Lipinski definition) is 2. The molecule has 0 aliphatic rings. The SMILES string of the molecule is CCCCCCCC/C=C\c1ccc(C(=O)CCCC(=O)O)cc1. The normalized spacial score (nSPS) is 11.0. The highest BCUT2D eigenvalue weighted by molar-refractivity contribution is 5.96. The number of Topliss-reactive ketones (excluding diaryl/α,β-unsaturated/α-hetero) is 1. The van der Waals surface area contributed by atoms with Crippen LogP contribution in [-0.2, 0) is 4.79 Å². The Kier molecular flexibility index (Phi) is 10.5. The maximum Gasteiger partial charge on any atom is 0.303 e. The van der Waals surface area contributed by atoms with E-state index in [-0.39, 0.29) is 12.2 Å². The summed E-state index contributed by atoms with van der Waals surface area (Å²) >= 11 is 0. The van der Waals surface area contributed by atoms with Gasteiger partial charge in [-0.2, -0.15) is 0 Å². The second-order valence-corrected chi connectivity index (χ2v) is 6.25. The van der Waals surface area contributed by atoms with Crippen molar-refractivity contribution in [3.8, 4) is 0 Å². The van der Waals surface area contributed by atoms with E-state index in [4.69, 9.17) is 5.11 Å². The molecule has 0 atom stereocenters. The smallest absolute Gasteiger partial charge is 0.303 e. The molecule has 0 heterocycles. The Bertz CT molecular complexity index is 514. The molecule has 24 heavy (non-hydrogen) atoms. The minimum absolute atomic E-state index is 0.0128. The van der Waals surface area contributed by atoms with Crippen LogP contribution in [0.4, 0.5) is 0 Å². The first-order valence-corrected chi connectivity index (χ1v) is 9.15. The summed E-state index contributed by atoms with van der Waals surface area (Å²) in [4.78, 5) is 22.4. The van der Waals surface area contributed by atoms with Crippen LogP contribution in [0.1, 0.15) is 87.1 Å². The molecular formula is C21H30O3. The fraction of sp³-hybridized carbons (Fsp3) is 0.524. The van der Waals surface area contributed by atoms with Gasteiger partial charge in [-0.25, -0.2) is 0 Å². The van der Waals surface area contributed by atoms with Gasteiger partial charge in [0.15, 0.2) is 5.78 Å². The highest BCUT2D eigenvalue weighted by atomic mass is 16.4. The van der Waals surface area contributed by atoms with Gasteiger partial charge in [0.1, 0.15) is 0 Å². The molecule has 132 valence electrons. The lowest BCUT2D eigenvalue weighted by Crippen LogP contribution is -2.01. The number of rotatable bonds is 13. The van der Waals surface area contributed by atoms with E-state index in [9.17, 15) is 9.59 Å². The average molecular weight is 330 g/mol. The lowest BCUT2D eigenvalue weighted by atomic mass is 10.0. The van der Waals surface area contributed by atoms with Crippen molar-refractivity contribution in [2.45, 2.75) is 71.1 Å². The van der Waals surface area contributed by atoms with E-state index in [0.29, 0.717) is 18.4 Å². The molecule has 0 unspecified atom stereocenters. The summed E-state index contributed by atoms with van der Waals surface area (Å²) in [6.45, 7) is 2.23. The number of benzene rings is 1. The van der Waals surface area contributed by atoms with Gasteiger partial charge in [-0.1, -0.05) is 75.4 Å². The van der Waals surface area contributed by atoms with E-state index >= 15 is 0 Å². The van der Waals surface area contributed by atoms with Crippen LogP contribution in [-0.4, -0.2) is 16.9 Å². The Balaban J connectivity index is 2.27. The molecule has 0 bridgehead atoms. The van der Waals surface area contributed by atoms with Crippen LogP contribution in [0.25, 0.3) is 6.08 Å². The van der Waals surface area contributed by atoms with Gasteiger partial charge in [-0.3, -0.25) is 9.59 Å². The number of carbonyl (C=O) groups is 2. The third kappa shape index (κ3) is 9.29. The van der Waals surface area contributed by atoms with Crippen molar-refractivity contribution in [2.24, 2.45) is 0 Å². The third-order valence-corrected chi connectivity index (χ3v) is 4.06. The summed E-state index contributed by atoms with van der Waals surface area (Å²) in [5.41, 5.74) is 1.76. The fourth-order valence-electron chi connectivity index (χ4n) is 2.59. The molecule has 0 aliphatic heterocycles. The molecule has 0 aromatic heterocycles. The van der Waals surface area contributed by atoms with Gasteiger partial charge in [0, 0.05) is 18.4 Å². The topological polar surface area (TPSA) is 54.4 Å². The zero-order chi connectivity index (χ0) is 17.6. The lowest BCUT2D eigenvalue weighted by Gasteiger charge is -2.01. The molecule has 0 saturated heterocycles. The van der Waals surface area contributed by atoms with Crippen LogP contribution in [0.2, 0.25) is 0 Å². The van der Waals surface area contributed by atoms with Crippen molar-refractivity contribution in [1.29, 1.82) is 0 Å². The minimum atomic E-state index is -0.853. The first-order valence-electron chi connectivity index (χ1n) is 9.15. The van der Waals surface area contributed by atoms with E-state index in [1.54, 1.807) is 0 Å². The van der Waals surface area contributed by atoms with Gasteiger partial charge in [-0.15, -0.1) is 0 Å². The summed E-state index contributed by atoms with van der Waals surface area (Å²) in [5.74, 6) is -0.840. The maximum atomic E-state index is 11.9. The highest BCUT2D eigenvalue weighted by Crippen LogP contribution is 2.12. The summed E-state index contributed by atoms with van der Waals surface area (Å²) in [6, 6.07) is 7.55. The van der Waals surface area contributed by atoms with Crippen LogP contribution in [0.15, 0.2) is 30.3 Å². The molecule has 0 fully saturated rings. The molecule has 1 rings (SSSR count). The fourth-order valence-corrected chi connectivity index (χ4v) is 2.59. The first kappa shape index (κ1) is 20.1. The van der Waals surface area contributed by atoms with Crippen molar-refractivity contribution in [3.05, 3.63) is 41.5 Å². The molecule has 3 heteroatoms. The third-order valence-electron chi connectivity index (χ3n) is 4.06. The number of hydrogen-bond donors (Lipinski definition) is 1. The number of ketones is 1. The Morgan fingerprint density at radius 1 is 0.917 bits per heavy atom. The maximum absolute atomic E-state index is 11.9. The Morgan fingerprint density at radius 3 is 2.25 bits per heavy atom. The van der Waals surface area contributed by atoms with E-state index in [2.05, 4.69) is 19.1 Å². The van der Waals surface area contributed by atoms with Crippen LogP contribution >= 0.6 is 0 Å². The second-order valence-electron chi connectivity index (χ2n) is 6.25. The van der Waals surface area contributed by atoms with Crippen molar-refractivity contribution in [2.75, 3.05) is 0 Å². The molecule has 1 N–H and O–H groups in total. The molecule has 0 aliphatic carbocycles. The summed E-state index contributed by atoms with van der Waals surface area (Å²) < 4.78 is 0. The van der Waals surface area contributed by atoms with Crippen molar-refractivity contribution < 1.29 is 14.7 Å². The van der Waals surface area contributed by atoms with Gasteiger partial charge in [0.25, 0.3) is 0 Å². The number of carboxylic acid groups (broad SMARTS) is 1. The number of carboxylic acids is 1. The van der Waals surface area contributed by atoms with Gasteiger partial charge in [0.2, 0.25) is 0 Å². The van der Waals surface area contributed by atoms with Crippen LogP contribution in [0.3, 0.4) is 0 Å². The lowest BCUT2D eigenvalue weighted by molar-refractivity contribution is -0.137. The van der Waals surface area contributed by atoms with Gasteiger partial charge >= 0.3 is 5.97 Å². The van der Waals surface area contributed by atoms with Gasteiger partial charge < -0.3 is 5.11 Å². The van der Waals surface area contributed by atoms with Gasteiger partial charge in [-0.05, 0) is 24.8 Å². The molecule has 0 amide bonds. The van der Waals surface area contributed by atoms with Crippen LogP contribution in [0.5, 0.6) is 0 Å². The number of aliphatic carboxylic acids is 1. The monoisotopic (exact) mass is 330 g/mol. The molecule has 1 aromatic rings. The summed E-state index contributed by atoms with van der Waals surface area (Å²) in [6.07, 6.45) is 14.0. The molecule has 0 radical (unpaired) electrons. The molecule has 0 saturated carbocycles. The van der Waals surface area contributed by atoms with E-state index < -0.39 is 5.97 Å². The summed E-state index contributed by atoms with van der Waals surface area (Å²) in [5, 5.41) is 8.59. The summed E-state index contributed by atoms with van der Waals surface area (Å²) in [7, 11) is 0. The van der Waals surface area contributed by atoms with Gasteiger partial charge in [0.05, 0.1) is 0 Å². The Morgan fingerprint density at radius 2 is 1.58 bits per heavy atom. The van der Waals surface area contributed by atoms with E-state index in [0.717, 1.165) is 12.0 Å². The predicted octanol–water partition coefficient (Wildman–Crippen LogP) is 5.89. The van der Waals surface area contributed by atoms with Crippen LogP contribution in [0, 0.1) is 0 Å². The highest BCUT2D eigenvalue weighted by Gasteiger charge is 2.06. The predicted molar refractivity (Wildman–Crippen MR) is 99.3 cm³/mol. The van der Waals surface area contributed by atoms with Crippen LogP contribution < -0.4 is 0 Å². The quantitative estimate of drug-likeness (QED) is 0.362. The van der Waals surface area contributed by atoms with Crippen molar-refractivity contribution in [3.63, 3.8) is 0 Å². The van der Waals surface area contributed by atoms with E-state index in [1.165, 1.54) is 38.5 Å². The first-order chi connectivity index (χ1) is 11.6.